The Bertz CT molecular complexity index is 919. The van der Waals surface area contributed by atoms with Crippen LogP contribution < -0.4 is 10.2 Å². The minimum absolute atomic E-state index is 0.0105. The summed E-state index contributed by atoms with van der Waals surface area (Å²) < 4.78 is 18.9. The van der Waals surface area contributed by atoms with E-state index in [1.54, 1.807) is 22.7 Å². The van der Waals surface area contributed by atoms with Crippen LogP contribution in [-0.4, -0.2) is 36.7 Å². The molecule has 152 valence electrons. The van der Waals surface area contributed by atoms with Crippen LogP contribution in [-0.2, 0) is 19.1 Å². The van der Waals surface area contributed by atoms with Crippen molar-refractivity contribution >= 4 is 40.9 Å². The maximum Gasteiger partial charge on any atom is 0.312 e. The van der Waals surface area contributed by atoms with Crippen molar-refractivity contribution in [1.82, 2.24) is 0 Å². The fourth-order valence-electron chi connectivity index (χ4n) is 3.00. The van der Waals surface area contributed by atoms with Gasteiger partial charge in [0.1, 0.15) is 5.82 Å². The molecule has 1 aliphatic rings. The van der Waals surface area contributed by atoms with Crippen LogP contribution in [0.1, 0.15) is 13.3 Å². The van der Waals surface area contributed by atoms with E-state index in [1.165, 1.54) is 25.1 Å². The van der Waals surface area contributed by atoms with Gasteiger partial charge in [-0.1, -0.05) is 12.1 Å². The Hall–Kier alpha value is -2.87. The third-order valence-corrected chi connectivity index (χ3v) is 5.38. The quantitative estimate of drug-likeness (QED) is 0.577. The maximum atomic E-state index is 13.6. The molecule has 0 aromatic heterocycles. The molecule has 1 N–H and O–H groups in total. The minimum atomic E-state index is -1.12. The Morgan fingerprint density at radius 3 is 2.55 bits per heavy atom. The Balaban J connectivity index is 1.58. The van der Waals surface area contributed by atoms with Gasteiger partial charge in [0.2, 0.25) is 5.91 Å². The normalized spacial score (nSPS) is 17.1. The number of carbonyl (C=O) groups excluding carboxylic acids is 3. The van der Waals surface area contributed by atoms with Gasteiger partial charge in [-0.2, -0.15) is 0 Å². The van der Waals surface area contributed by atoms with Crippen LogP contribution in [0, 0.1) is 11.7 Å². The van der Waals surface area contributed by atoms with Crippen molar-refractivity contribution in [2.75, 3.05) is 23.0 Å². The number of halogens is 1. The molecule has 0 saturated carbocycles. The van der Waals surface area contributed by atoms with Crippen molar-refractivity contribution in [3.8, 4) is 0 Å². The molecule has 0 radical (unpaired) electrons. The lowest BCUT2D eigenvalue weighted by molar-refractivity contribution is -0.157. The van der Waals surface area contributed by atoms with E-state index < -0.39 is 29.7 Å². The Morgan fingerprint density at radius 2 is 1.90 bits per heavy atom. The summed E-state index contributed by atoms with van der Waals surface area (Å²) >= 11 is 1.60. The number of nitrogens with one attached hydrogen (secondary N) is 1. The SMILES string of the molecule is CSc1ccc(N2CC(C(=O)OC(C)C(=O)Nc3ccccc3F)CC2=O)cc1. The molecular formula is C21H21FN2O4S. The topological polar surface area (TPSA) is 75.7 Å². The van der Waals surface area contributed by atoms with Crippen LogP contribution in [0.3, 0.4) is 0 Å². The van der Waals surface area contributed by atoms with E-state index in [-0.39, 0.29) is 24.6 Å². The van der Waals surface area contributed by atoms with Crippen LogP contribution >= 0.6 is 11.8 Å². The molecule has 6 nitrogen and oxygen atoms in total. The van der Waals surface area contributed by atoms with E-state index in [9.17, 15) is 18.8 Å². The van der Waals surface area contributed by atoms with Gasteiger partial charge in [0.05, 0.1) is 11.6 Å². The predicted molar refractivity (Wildman–Crippen MR) is 109 cm³/mol. The van der Waals surface area contributed by atoms with Crippen LogP contribution in [0.15, 0.2) is 53.4 Å². The number of carbonyl (C=O) groups is 3. The first-order chi connectivity index (χ1) is 13.9. The molecule has 0 bridgehead atoms. The predicted octanol–water partition coefficient (Wildman–Crippen LogP) is 3.47. The van der Waals surface area contributed by atoms with Crippen molar-refractivity contribution in [1.29, 1.82) is 0 Å². The highest BCUT2D eigenvalue weighted by Crippen LogP contribution is 2.28. The van der Waals surface area contributed by atoms with Crippen LogP contribution in [0.25, 0.3) is 0 Å². The summed E-state index contributed by atoms with van der Waals surface area (Å²) in [4.78, 5) is 39.6. The number of thioether (sulfide) groups is 1. The van der Waals surface area contributed by atoms with E-state index in [0.29, 0.717) is 5.69 Å². The fraction of sp³-hybridized carbons (Fsp3) is 0.286. The first-order valence-corrected chi connectivity index (χ1v) is 10.3. The number of amides is 2. The molecule has 8 heteroatoms. The molecule has 2 aromatic rings. The monoisotopic (exact) mass is 416 g/mol. The highest BCUT2D eigenvalue weighted by atomic mass is 32.2. The van der Waals surface area contributed by atoms with Crippen LogP contribution in [0.4, 0.5) is 15.8 Å². The third kappa shape index (κ3) is 4.95. The van der Waals surface area contributed by atoms with E-state index in [0.717, 1.165) is 4.90 Å². The summed E-state index contributed by atoms with van der Waals surface area (Å²) in [5.41, 5.74) is 0.727. The number of esters is 1. The number of nitrogens with zero attached hydrogens (tertiary/aromatic N) is 1. The second kappa shape index (κ2) is 9.09. The second-order valence-corrected chi connectivity index (χ2v) is 7.53. The largest absolute Gasteiger partial charge is 0.452 e. The standard InChI is InChI=1S/C21H21FN2O4S/c1-13(20(26)23-18-6-4-3-5-17(18)22)28-21(27)14-11-19(25)24(12-14)15-7-9-16(29-2)10-8-15/h3-10,13-14H,11-12H2,1-2H3,(H,23,26). The van der Waals surface area contributed by atoms with Crippen molar-refractivity contribution in [3.63, 3.8) is 0 Å². The molecule has 1 saturated heterocycles. The molecule has 3 rings (SSSR count). The van der Waals surface area contributed by atoms with Crippen molar-refractivity contribution in [3.05, 3.63) is 54.3 Å². The molecule has 2 amide bonds. The first kappa shape index (κ1) is 20.9. The van der Waals surface area contributed by atoms with Crippen molar-refractivity contribution in [2.45, 2.75) is 24.3 Å². The molecule has 2 unspecified atom stereocenters. The molecule has 2 aromatic carbocycles. The molecule has 0 aliphatic carbocycles. The average Bonchev–Trinajstić information content (AvgIpc) is 3.11. The molecule has 29 heavy (non-hydrogen) atoms. The first-order valence-electron chi connectivity index (χ1n) is 9.09. The molecule has 0 spiro atoms. The summed E-state index contributed by atoms with van der Waals surface area (Å²) in [5, 5.41) is 2.39. The number of benzene rings is 2. The van der Waals surface area contributed by atoms with Gasteiger partial charge in [-0.15, -0.1) is 11.8 Å². The molecule has 1 heterocycles. The highest BCUT2D eigenvalue weighted by molar-refractivity contribution is 7.98. The fourth-order valence-corrected chi connectivity index (χ4v) is 3.41. The molecular weight excluding hydrogens is 395 g/mol. The zero-order chi connectivity index (χ0) is 21.0. The van der Waals surface area contributed by atoms with E-state index in [1.807, 2.05) is 30.5 Å². The van der Waals surface area contributed by atoms with Crippen molar-refractivity contribution in [2.24, 2.45) is 5.92 Å². The third-order valence-electron chi connectivity index (χ3n) is 4.64. The van der Waals surface area contributed by atoms with E-state index in [4.69, 9.17) is 4.74 Å². The number of hydrogen-bond donors (Lipinski definition) is 1. The number of hydrogen-bond acceptors (Lipinski definition) is 5. The van der Waals surface area contributed by atoms with Gasteiger partial charge in [-0.25, -0.2) is 4.39 Å². The Labute approximate surface area is 172 Å². The number of rotatable bonds is 6. The summed E-state index contributed by atoms with van der Waals surface area (Å²) in [7, 11) is 0. The summed E-state index contributed by atoms with van der Waals surface area (Å²) in [6, 6.07) is 13.2. The molecule has 2 atom stereocenters. The minimum Gasteiger partial charge on any atom is -0.452 e. The van der Waals surface area contributed by atoms with Gasteiger partial charge < -0.3 is 15.0 Å². The summed E-state index contributed by atoms with van der Waals surface area (Å²) in [5.74, 6) is -2.68. The lowest BCUT2D eigenvalue weighted by Gasteiger charge is -2.18. The van der Waals surface area contributed by atoms with E-state index >= 15 is 0 Å². The average molecular weight is 416 g/mol. The lowest BCUT2D eigenvalue weighted by atomic mass is 10.1. The number of anilines is 2. The Morgan fingerprint density at radius 1 is 1.21 bits per heavy atom. The van der Waals surface area contributed by atoms with Gasteiger partial charge in [0.15, 0.2) is 6.10 Å². The Kier molecular flexibility index (Phi) is 6.53. The summed E-state index contributed by atoms with van der Waals surface area (Å²) in [6.45, 7) is 1.60. The van der Waals surface area contributed by atoms with Gasteiger partial charge >= 0.3 is 5.97 Å². The van der Waals surface area contributed by atoms with Gasteiger partial charge in [0.25, 0.3) is 5.91 Å². The highest BCUT2D eigenvalue weighted by Gasteiger charge is 2.37. The van der Waals surface area contributed by atoms with E-state index in [2.05, 4.69) is 5.32 Å². The van der Waals surface area contributed by atoms with Gasteiger partial charge in [-0.3, -0.25) is 14.4 Å². The van der Waals surface area contributed by atoms with Gasteiger partial charge in [0, 0.05) is 23.5 Å². The lowest BCUT2D eigenvalue weighted by Crippen LogP contribution is -2.33. The molecule has 1 fully saturated rings. The second-order valence-electron chi connectivity index (χ2n) is 6.65. The van der Waals surface area contributed by atoms with Crippen LogP contribution in [0.2, 0.25) is 0 Å². The smallest absolute Gasteiger partial charge is 0.312 e. The summed E-state index contributed by atoms with van der Waals surface area (Å²) in [6.07, 6.45) is 0.864. The zero-order valence-corrected chi connectivity index (χ0v) is 16.9. The zero-order valence-electron chi connectivity index (χ0n) is 16.1. The number of ether oxygens (including phenoxy) is 1. The number of para-hydroxylation sites is 1. The van der Waals surface area contributed by atoms with Gasteiger partial charge in [-0.05, 0) is 49.6 Å². The maximum absolute atomic E-state index is 13.6. The molecule has 1 aliphatic heterocycles. The van der Waals surface area contributed by atoms with Crippen LogP contribution in [0.5, 0.6) is 0 Å². The van der Waals surface area contributed by atoms with Crippen molar-refractivity contribution < 1.29 is 23.5 Å².